The predicted octanol–water partition coefficient (Wildman–Crippen LogP) is 1.32. The third-order valence-corrected chi connectivity index (χ3v) is 3.26. The van der Waals surface area contributed by atoms with Gasteiger partial charge in [-0.3, -0.25) is 9.78 Å². The van der Waals surface area contributed by atoms with Crippen LogP contribution in [0, 0.1) is 0 Å². The summed E-state index contributed by atoms with van der Waals surface area (Å²) in [6.07, 6.45) is 7.03. The van der Waals surface area contributed by atoms with E-state index >= 15 is 0 Å². The fraction of sp³-hybridized carbons (Fsp3) is 0.500. The van der Waals surface area contributed by atoms with Crippen LogP contribution >= 0.6 is 0 Å². The molecule has 16 heavy (non-hydrogen) atoms. The minimum Gasteiger partial charge on any atom is -0.317 e. The minimum atomic E-state index is -0.662. The van der Waals surface area contributed by atoms with Crippen molar-refractivity contribution < 1.29 is 4.79 Å². The van der Waals surface area contributed by atoms with E-state index in [9.17, 15) is 4.79 Å². The average molecular weight is 219 g/mol. The van der Waals surface area contributed by atoms with Crippen LogP contribution in [0.4, 0.5) is 5.69 Å². The van der Waals surface area contributed by atoms with Crippen LogP contribution in [-0.4, -0.2) is 23.5 Å². The summed E-state index contributed by atoms with van der Waals surface area (Å²) >= 11 is 0. The highest BCUT2D eigenvalue weighted by Gasteiger charge is 2.39. The molecule has 1 fully saturated rings. The lowest BCUT2D eigenvalue weighted by Gasteiger charge is -2.28. The largest absolute Gasteiger partial charge is 0.317 e. The molecular formula is C12H17N3O. The van der Waals surface area contributed by atoms with Gasteiger partial charge in [0.2, 0.25) is 5.91 Å². The van der Waals surface area contributed by atoms with Crippen LogP contribution < -0.4 is 10.6 Å². The Balaban J connectivity index is 2.16. The first-order chi connectivity index (χ1) is 7.63. The molecule has 2 rings (SSSR count). The molecule has 0 radical (unpaired) electrons. The fourth-order valence-electron chi connectivity index (χ4n) is 2.22. The maximum atomic E-state index is 12.2. The molecule has 4 heteroatoms. The zero-order chi connectivity index (χ0) is 11.6. The summed E-state index contributed by atoms with van der Waals surface area (Å²) in [5, 5.41) is 0. The number of aromatic nitrogens is 1. The zero-order valence-corrected chi connectivity index (χ0v) is 9.52. The van der Waals surface area contributed by atoms with Crippen LogP contribution in [0.25, 0.3) is 0 Å². The van der Waals surface area contributed by atoms with Gasteiger partial charge in [0.05, 0.1) is 17.4 Å². The van der Waals surface area contributed by atoms with E-state index in [0.717, 1.165) is 31.4 Å². The molecule has 0 bridgehead atoms. The number of hydrogen-bond donors (Lipinski definition) is 1. The molecule has 0 unspecified atom stereocenters. The summed E-state index contributed by atoms with van der Waals surface area (Å²) in [7, 11) is 1.76. The van der Waals surface area contributed by atoms with E-state index in [2.05, 4.69) is 4.98 Å². The van der Waals surface area contributed by atoms with Gasteiger partial charge in [-0.2, -0.15) is 0 Å². The van der Waals surface area contributed by atoms with Crippen molar-refractivity contribution in [3.05, 3.63) is 24.5 Å². The number of pyridine rings is 1. The zero-order valence-electron chi connectivity index (χ0n) is 9.52. The van der Waals surface area contributed by atoms with Gasteiger partial charge in [0.15, 0.2) is 0 Å². The number of hydrogen-bond acceptors (Lipinski definition) is 3. The van der Waals surface area contributed by atoms with Crippen molar-refractivity contribution in [2.75, 3.05) is 11.9 Å². The Morgan fingerprint density at radius 2 is 2.19 bits per heavy atom. The number of amides is 1. The number of nitrogens with zero attached hydrogens (tertiary/aromatic N) is 2. The van der Waals surface area contributed by atoms with Gasteiger partial charge in [-0.1, -0.05) is 12.8 Å². The molecule has 2 N–H and O–H groups in total. The van der Waals surface area contributed by atoms with Crippen molar-refractivity contribution in [1.82, 2.24) is 4.98 Å². The molecule has 1 aromatic rings. The van der Waals surface area contributed by atoms with E-state index in [1.165, 1.54) is 0 Å². The Morgan fingerprint density at radius 1 is 1.50 bits per heavy atom. The summed E-state index contributed by atoms with van der Waals surface area (Å²) in [5.74, 6) is -0.00185. The highest BCUT2D eigenvalue weighted by Crippen LogP contribution is 2.29. The molecule has 0 spiro atoms. The van der Waals surface area contributed by atoms with Crippen molar-refractivity contribution in [1.29, 1.82) is 0 Å². The second-order valence-electron chi connectivity index (χ2n) is 4.44. The highest BCUT2D eigenvalue weighted by molar-refractivity contribution is 5.99. The molecule has 0 aromatic carbocycles. The molecule has 4 nitrogen and oxygen atoms in total. The predicted molar refractivity (Wildman–Crippen MR) is 63.0 cm³/mol. The Bertz CT molecular complexity index is 371. The number of nitrogens with two attached hydrogens (primary N) is 1. The van der Waals surface area contributed by atoms with Crippen molar-refractivity contribution in [3.8, 4) is 0 Å². The number of anilines is 1. The lowest BCUT2D eigenvalue weighted by Crippen LogP contribution is -2.52. The Kier molecular flexibility index (Phi) is 2.92. The fourth-order valence-corrected chi connectivity index (χ4v) is 2.22. The second-order valence-corrected chi connectivity index (χ2v) is 4.44. The summed E-state index contributed by atoms with van der Waals surface area (Å²) in [5.41, 5.74) is 6.26. The summed E-state index contributed by atoms with van der Waals surface area (Å²) in [6, 6.07) is 3.68. The Morgan fingerprint density at radius 3 is 2.75 bits per heavy atom. The van der Waals surface area contributed by atoms with E-state index in [1.54, 1.807) is 24.3 Å². The van der Waals surface area contributed by atoms with Gasteiger partial charge in [0.25, 0.3) is 0 Å². The van der Waals surface area contributed by atoms with Gasteiger partial charge in [0.1, 0.15) is 0 Å². The average Bonchev–Trinajstić information content (AvgIpc) is 2.77. The lowest BCUT2D eigenvalue weighted by atomic mass is 9.97. The summed E-state index contributed by atoms with van der Waals surface area (Å²) in [6.45, 7) is 0. The quantitative estimate of drug-likeness (QED) is 0.816. The SMILES string of the molecule is CN(C(=O)C1(N)CCCC1)c1cccnc1. The van der Waals surface area contributed by atoms with Crippen molar-refractivity contribution in [3.63, 3.8) is 0 Å². The molecule has 0 aliphatic heterocycles. The van der Waals surface area contributed by atoms with Gasteiger partial charge in [-0.05, 0) is 25.0 Å². The molecule has 1 aromatic heterocycles. The van der Waals surface area contributed by atoms with Crippen LogP contribution in [0.3, 0.4) is 0 Å². The van der Waals surface area contributed by atoms with Crippen LogP contribution in [0.5, 0.6) is 0 Å². The molecule has 1 aliphatic rings. The van der Waals surface area contributed by atoms with E-state index < -0.39 is 5.54 Å². The molecule has 1 heterocycles. The van der Waals surface area contributed by atoms with Gasteiger partial charge in [-0.15, -0.1) is 0 Å². The minimum absolute atomic E-state index is 0.00185. The molecule has 1 saturated carbocycles. The van der Waals surface area contributed by atoms with Crippen molar-refractivity contribution in [2.24, 2.45) is 5.73 Å². The lowest BCUT2D eigenvalue weighted by molar-refractivity contribution is -0.123. The third kappa shape index (κ3) is 1.93. The number of carbonyl (C=O) groups is 1. The van der Waals surface area contributed by atoms with E-state index in [0.29, 0.717) is 0 Å². The van der Waals surface area contributed by atoms with Gasteiger partial charge in [0, 0.05) is 13.2 Å². The van der Waals surface area contributed by atoms with Crippen LogP contribution in [0.1, 0.15) is 25.7 Å². The van der Waals surface area contributed by atoms with E-state index in [-0.39, 0.29) is 5.91 Å². The van der Waals surface area contributed by atoms with Crippen LogP contribution in [0.15, 0.2) is 24.5 Å². The van der Waals surface area contributed by atoms with Crippen molar-refractivity contribution >= 4 is 11.6 Å². The molecule has 86 valence electrons. The van der Waals surface area contributed by atoms with Crippen molar-refractivity contribution in [2.45, 2.75) is 31.2 Å². The maximum Gasteiger partial charge on any atom is 0.246 e. The molecule has 0 saturated heterocycles. The van der Waals surface area contributed by atoms with Gasteiger partial charge >= 0.3 is 0 Å². The second kappa shape index (κ2) is 4.22. The molecular weight excluding hydrogens is 202 g/mol. The number of rotatable bonds is 2. The van der Waals surface area contributed by atoms with Crippen LogP contribution in [0.2, 0.25) is 0 Å². The monoisotopic (exact) mass is 219 g/mol. The Hall–Kier alpha value is -1.42. The van der Waals surface area contributed by atoms with Gasteiger partial charge < -0.3 is 10.6 Å². The summed E-state index contributed by atoms with van der Waals surface area (Å²) in [4.78, 5) is 17.9. The highest BCUT2D eigenvalue weighted by atomic mass is 16.2. The maximum absolute atomic E-state index is 12.2. The molecule has 1 amide bonds. The van der Waals surface area contributed by atoms with E-state index in [1.807, 2.05) is 12.1 Å². The third-order valence-electron chi connectivity index (χ3n) is 3.26. The number of likely N-dealkylation sites (N-methyl/N-ethyl adjacent to an activating group) is 1. The van der Waals surface area contributed by atoms with Gasteiger partial charge in [-0.25, -0.2) is 0 Å². The topological polar surface area (TPSA) is 59.2 Å². The summed E-state index contributed by atoms with van der Waals surface area (Å²) < 4.78 is 0. The Labute approximate surface area is 95.5 Å². The molecule has 1 aliphatic carbocycles. The molecule has 0 atom stereocenters. The smallest absolute Gasteiger partial charge is 0.246 e. The van der Waals surface area contributed by atoms with Crippen LogP contribution in [-0.2, 0) is 4.79 Å². The standard InChI is InChI=1S/C12H17N3O/c1-15(10-5-4-8-14-9-10)11(16)12(13)6-2-3-7-12/h4-5,8-9H,2-3,6-7,13H2,1H3. The first kappa shape index (κ1) is 11.1. The first-order valence-corrected chi connectivity index (χ1v) is 5.60. The normalized spacial score (nSPS) is 18.4. The van der Waals surface area contributed by atoms with E-state index in [4.69, 9.17) is 5.73 Å². The number of carbonyl (C=O) groups excluding carboxylic acids is 1. The first-order valence-electron chi connectivity index (χ1n) is 5.60.